The number of rotatable bonds is 6. The maximum Gasteiger partial charge on any atom is 0.124 e. The first-order valence-corrected chi connectivity index (χ1v) is 8.38. The van der Waals surface area contributed by atoms with Crippen LogP contribution in [0.4, 0.5) is 5.82 Å². The van der Waals surface area contributed by atoms with Gasteiger partial charge in [0.1, 0.15) is 17.5 Å². The molecule has 3 rings (SSSR count). The van der Waals surface area contributed by atoms with Crippen molar-refractivity contribution in [2.75, 3.05) is 5.73 Å². The highest BCUT2D eigenvalue weighted by Gasteiger charge is 2.54. The summed E-state index contributed by atoms with van der Waals surface area (Å²) in [6.07, 6.45) is 4.25. The van der Waals surface area contributed by atoms with Crippen molar-refractivity contribution in [3.8, 4) is 0 Å². The molecule has 0 aliphatic carbocycles. The van der Waals surface area contributed by atoms with E-state index >= 15 is 0 Å². The summed E-state index contributed by atoms with van der Waals surface area (Å²) in [5.74, 6) is 0.668. The Morgan fingerprint density at radius 3 is 2.75 bits per heavy atom. The number of benzene rings is 1. The minimum Gasteiger partial charge on any atom is -0.384 e. The van der Waals surface area contributed by atoms with E-state index in [1.165, 1.54) is 0 Å². The third kappa shape index (κ3) is 2.74. The van der Waals surface area contributed by atoms with Crippen LogP contribution in [-0.2, 0) is 16.1 Å². The lowest BCUT2D eigenvalue weighted by Crippen LogP contribution is -2.40. The molecule has 1 aromatic carbocycles. The fourth-order valence-electron chi connectivity index (χ4n) is 3.55. The summed E-state index contributed by atoms with van der Waals surface area (Å²) < 4.78 is 12.7. The second-order valence-electron chi connectivity index (χ2n) is 6.32. The molecule has 1 aliphatic rings. The van der Waals surface area contributed by atoms with Crippen LogP contribution in [0.3, 0.4) is 0 Å². The number of H-pyrrole nitrogens is 1. The van der Waals surface area contributed by atoms with Crippen LogP contribution in [0.5, 0.6) is 0 Å². The van der Waals surface area contributed by atoms with Gasteiger partial charge in [0.2, 0.25) is 0 Å². The zero-order valence-corrected chi connectivity index (χ0v) is 14.2. The van der Waals surface area contributed by atoms with Gasteiger partial charge in [-0.25, -0.2) is 0 Å². The third-order valence-corrected chi connectivity index (χ3v) is 5.03. The molecule has 5 heteroatoms. The number of hydrogen-bond acceptors (Lipinski definition) is 4. The van der Waals surface area contributed by atoms with E-state index in [1.54, 1.807) is 6.20 Å². The average molecular weight is 327 g/mol. The molecule has 1 fully saturated rings. The summed E-state index contributed by atoms with van der Waals surface area (Å²) >= 11 is 0. The number of nitrogens with two attached hydrogens (primary N) is 1. The van der Waals surface area contributed by atoms with Gasteiger partial charge in [-0.3, -0.25) is 5.10 Å². The van der Waals surface area contributed by atoms with E-state index in [9.17, 15) is 0 Å². The Labute approximate surface area is 142 Å². The molecule has 0 radical (unpaired) electrons. The summed E-state index contributed by atoms with van der Waals surface area (Å²) in [6, 6.07) is 10.1. The first kappa shape index (κ1) is 16.7. The molecule has 5 nitrogen and oxygen atoms in total. The lowest BCUT2D eigenvalue weighted by Gasteiger charge is -2.34. The lowest BCUT2D eigenvalue weighted by molar-refractivity contribution is -0.0845. The summed E-state index contributed by atoms with van der Waals surface area (Å²) in [6.45, 7) is 8.82. The van der Waals surface area contributed by atoms with Crippen LogP contribution in [0.15, 0.2) is 49.2 Å². The van der Waals surface area contributed by atoms with Crippen molar-refractivity contribution in [2.24, 2.45) is 5.92 Å². The van der Waals surface area contributed by atoms with Gasteiger partial charge in [-0.15, -0.1) is 6.58 Å². The fraction of sp³-hybridized carbons (Fsp3) is 0.421. The molecule has 0 spiro atoms. The van der Waals surface area contributed by atoms with Crippen LogP contribution in [0.25, 0.3) is 0 Å². The Morgan fingerprint density at radius 1 is 1.42 bits per heavy atom. The Morgan fingerprint density at radius 2 is 2.17 bits per heavy atom. The zero-order chi connectivity index (χ0) is 17.2. The Balaban J connectivity index is 1.93. The van der Waals surface area contributed by atoms with Gasteiger partial charge in [-0.1, -0.05) is 50.3 Å². The van der Waals surface area contributed by atoms with Crippen LogP contribution in [-0.4, -0.2) is 21.9 Å². The summed E-state index contributed by atoms with van der Waals surface area (Å²) in [4.78, 5) is 0. The summed E-state index contributed by atoms with van der Waals surface area (Å²) in [7, 11) is 0. The van der Waals surface area contributed by atoms with Crippen molar-refractivity contribution >= 4 is 5.82 Å². The monoisotopic (exact) mass is 327 g/mol. The number of nitrogens with zero attached hydrogens (tertiary/aromatic N) is 1. The third-order valence-electron chi connectivity index (χ3n) is 5.03. The van der Waals surface area contributed by atoms with E-state index < -0.39 is 5.60 Å². The molecule has 1 aliphatic heterocycles. The number of nitrogens with one attached hydrogen (secondary N) is 1. The minimum absolute atomic E-state index is 0.0815. The van der Waals surface area contributed by atoms with Crippen molar-refractivity contribution in [1.82, 2.24) is 10.2 Å². The van der Waals surface area contributed by atoms with Crippen LogP contribution in [0.2, 0.25) is 0 Å². The largest absolute Gasteiger partial charge is 0.384 e. The highest BCUT2D eigenvalue weighted by molar-refractivity contribution is 5.42. The molecule has 128 valence electrons. The van der Waals surface area contributed by atoms with Crippen LogP contribution >= 0.6 is 0 Å². The molecule has 24 heavy (non-hydrogen) atoms. The van der Waals surface area contributed by atoms with Gasteiger partial charge in [-0.2, -0.15) is 5.10 Å². The smallest absolute Gasteiger partial charge is 0.124 e. The van der Waals surface area contributed by atoms with Crippen molar-refractivity contribution in [3.63, 3.8) is 0 Å². The molecule has 2 aromatic rings. The van der Waals surface area contributed by atoms with Gasteiger partial charge in [-0.05, 0) is 12.0 Å². The number of nitrogen functional groups attached to an aromatic ring is 1. The Hall–Kier alpha value is -2.11. The van der Waals surface area contributed by atoms with E-state index in [0.29, 0.717) is 12.4 Å². The molecule has 3 N–H and O–H groups in total. The first-order chi connectivity index (χ1) is 11.6. The topological polar surface area (TPSA) is 73.2 Å². The van der Waals surface area contributed by atoms with Gasteiger partial charge in [0.05, 0.1) is 18.9 Å². The lowest BCUT2D eigenvalue weighted by atomic mass is 9.80. The molecule has 4 atom stereocenters. The fourth-order valence-corrected chi connectivity index (χ4v) is 3.55. The highest BCUT2D eigenvalue weighted by atomic mass is 16.6. The molecule has 2 heterocycles. The second-order valence-corrected chi connectivity index (χ2v) is 6.32. The van der Waals surface area contributed by atoms with E-state index in [0.717, 1.165) is 17.5 Å². The number of ether oxygens (including phenoxy) is 2. The molecule has 1 saturated heterocycles. The molecule has 1 aromatic heterocycles. The van der Waals surface area contributed by atoms with Gasteiger partial charge in [0.25, 0.3) is 0 Å². The Bertz CT molecular complexity index is 685. The van der Waals surface area contributed by atoms with E-state index in [-0.39, 0.29) is 18.1 Å². The average Bonchev–Trinajstić information content (AvgIpc) is 3.15. The zero-order valence-electron chi connectivity index (χ0n) is 14.2. The predicted octanol–water partition coefficient (Wildman–Crippen LogP) is 3.62. The van der Waals surface area contributed by atoms with Crippen molar-refractivity contribution < 1.29 is 9.47 Å². The van der Waals surface area contributed by atoms with Crippen molar-refractivity contribution in [2.45, 2.75) is 44.7 Å². The van der Waals surface area contributed by atoms with Crippen LogP contribution in [0, 0.1) is 5.92 Å². The standard InChI is InChI=1S/C19H25N3O2/c1-4-16-13(3)19(5-2,23-12-14-9-7-6-8-10-14)17(24-16)15-11-21-22-18(15)20/h5-11,13,16-17H,2,4,12H2,1,3H3,(H3,20,21,22)/t13-,16-,17?,19-/m1/s1. The Kier molecular flexibility index (Phi) is 4.73. The predicted molar refractivity (Wildman–Crippen MR) is 94.2 cm³/mol. The number of aromatic amines is 1. The maximum atomic E-state index is 6.42. The second kappa shape index (κ2) is 6.79. The normalized spacial score (nSPS) is 29.7. The van der Waals surface area contributed by atoms with Gasteiger partial charge in [0, 0.05) is 11.5 Å². The van der Waals surface area contributed by atoms with Gasteiger partial charge < -0.3 is 15.2 Å². The number of hydrogen-bond donors (Lipinski definition) is 2. The van der Waals surface area contributed by atoms with E-state index in [4.69, 9.17) is 15.2 Å². The molecule has 0 amide bonds. The minimum atomic E-state index is -0.644. The number of anilines is 1. The molecule has 0 bridgehead atoms. The SMILES string of the molecule is C=C[C@]1(OCc2ccccc2)C(c2cn[nH]c2N)O[C@H](CC)[C@H]1C. The van der Waals surface area contributed by atoms with Crippen LogP contribution in [0.1, 0.15) is 37.5 Å². The quantitative estimate of drug-likeness (QED) is 0.795. The number of aromatic nitrogens is 2. The van der Waals surface area contributed by atoms with E-state index in [1.807, 2.05) is 24.3 Å². The van der Waals surface area contributed by atoms with Gasteiger partial charge in [0.15, 0.2) is 0 Å². The molecule has 1 unspecified atom stereocenters. The maximum absolute atomic E-state index is 6.42. The van der Waals surface area contributed by atoms with Crippen molar-refractivity contribution in [3.05, 3.63) is 60.3 Å². The van der Waals surface area contributed by atoms with Gasteiger partial charge >= 0.3 is 0 Å². The van der Waals surface area contributed by atoms with Crippen LogP contribution < -0.4 is 5.73 Å². The first-order valence-electron chi connectivity index (χ1n) is 8.38. The summed E-state index contributed by atoms with van der Waals surface area (Å²) in [5, 5.41) is 6.83. The summed E-state index contributed by atoms with van der Waals surface area (Å²) in [5.41, 5.74) is 7.34. The molecule has 0 saturated carbocycles. The highest BCUT2D eigenvalue weighted by Crippen LogP contribution is 2.50. The van der Waals surface area contributed by atoms with Crippen molar-refractivity contribution in [1.29, 1.82) is 0 Å². The molecular weight excluding hydrogens is 302 g/mol. The van der Waals surface area contributed by atoms with E-state index in [2.05, 4.69) is 42.8 Å². The molecular formula is C19H25N3O2.